The van der Waals surface area contributed by atoms with E-state index in [1.54, 1.807) is 42.5 Å². The lowest BCUT2D eigenvalue weighted by molar-refractivity contribution is -0.118. The molecule has 0 saturated carbocycles. The van der Waals surface area contributed by atoms with Crippen LogP contribution in [0.25, 0.3) is 21.7 Å². The van der Waals surface area contributed by atoms with Gasteiger partial charge in [-0.05, 0) is 53.2 Å². The number of fused-ring (bicyclic) bond motifs is 2. The van der Waals surface area contributed by atoms with Crippen LogP contribution in [0.2, 0.25) is 10.0 Å². The molecular formula is C27H17Cl2NO5. The van der Waals surface area contributed by atoms with Gasteiger partial charge >= 0.3 is 0 Å². The molecule has 0 aliphatic rings. The summed E-state index contributed by atoms with van der Waals surface area (Å²) in [6, 6.07) is 22.9. The Balaban J connectivity index is 1.29. The number of carbonyl (C=O) groups is 1. The summed E-state index contributed by atoms with van der Waals surface area (Å²) in [5.74, 6) is 0.565. The van der Waals surface area contributed by atoms with Crippen molar-refractivity contribution in [2.24, 2.45) is 0 Å². The Morgan fingerprint density at radius 1 is 0.857 bits per heavy atom. The number of halogens is 2. The lowest BCUT2D eigenvalue weighted by Crippen LogP contribution is -2.20. The third-order valence-corrected chi connectivity index (χ3v) is 5.62. The molecule has 0 bridgehead atoms. The van der Waals surface area contributed by atoms with Crippen molar-refractivity contribution in [3.8, 4) is 17.2 Å². The number of nitrogens with one attached hydrogen (secondary N) is 1. The fraction of sp³-hybridized carbons (Fsp3) is 0.0370. The summed E-state index contributed by atoms with van der Waals surface area (Å²) in [5, 5.41) is 5.87. The monoisotopic (exact) mass is 505 g/mol. The first kappa shape index (κ1) is 22.8. The van der Waals surface area contributed by atoms with Gasteiger partial charge in [-0.25, -0.2) is 0 Å². The fourth-order valence-electron chi connectivity index (χ4n) is 3.58. The zero-order chi connectivity index (χ0) is 24.4. The Morgan fingerprint density at radius 2 is 1.60 bits per heavy atom. The minimum Gasteiger partial charge on any atom is -0.484 e. The van der Waals surface area contributed by atoms with Gasteiger partial charge in [0.1, 0.15) is 23.3 Å². The van der Waals surface area contributed by atoms with Crippen molar-refractivity contribution in [3.05, 3.63) is 105 Å². The first-order valence-electron chi connectivity index (χ1n) is 10.6. The number of hydrogen-bond acceptors (Lipinski definition) is 5. The van der Waals surface area contributed by atoms with Crippen LogP contribution in [0, 0.1) is 0 Å². The third-order valence-electron chi connectivity index (χ3n) is 5.18. The summed E-state index contributed by atoms with van der Waals surface area (Å²) in [6.07, 6.45) is 1.26. The number of hydrogen-bond donors (Lipinski definition) is 1. The predicted octanol–water partition coefficient (Wildman–Crippen LogP) is 7.06. The predicted molar refractivity (Wildman–Crippen MR) is 137 cm³/mol. The lowest BCUT2D eigenvalue weighted by Gasteiger charge is -2.09. The number of rotatable bonds is 6. The quantitative estimate of drug-likeness (QED) is 0.267. The SMILES string of the molecule is O=C(COc1ccc2c(=O)c(Oc3ccc4ccccc4c3)coc2c1)Nc1cc(Cl)cc(Cl)c1. The van der Waals surface area contributed by atoms with E-state index < -0.39 is 5.91 Å². The molecule has 1 N–H and O–H groups in total. The second-order valence-corrected chi connectivity index (χ2v) is 8.57. The number of carbonyl (C=O) groups excluding carboxylic acids is 1. The van der Waals surface area contributed by atoms with E-state index >= 15 is 0 Å². The zero-order valence-electron chi connectivity index (χ0n) is 18.1. The van der Waals surface area contributed by atoms with E-state index in [1.165, 1.54) is 6.26 Å². The average molecular weight is 506 g/mol. The third kappa shape index (κ3) is 5.24. The molecule has 0 atom stereocenters. The summed E-state index contributed by atoms with van der Waals surface area (Å²) in [7, 11) is 0. The van der Waals surface area contributed by atoms with Crippen molar-refractivity contribution in [3.63, 3.8) is 0 Å². The van der Waals surface area contributed by atoms with Gasteiger partial charge in [-0.2, -0.15) is 0 Å². The number of anilines is 1. The van der Waals surface area contributed by atoms with Gasteiger partial charge in [0.15, 0.2) is 6.61 Å². The lowest BCUT2D eigenvalue weighted by atomic mass is 10.1. The van der Waals surface area contributed by atoms with Crippen LogP contribution < -0.4 is 20.2 Å². The normalized spacial score (nSPS) is 10.9. The van der Waals surface area contributed by atoms with E-state index in [1.807, 2.05) is 36.4 Å². The van der Waals surface area contributed by atoms with Crippen LogP contribution in [-0.2, 0) is 4.79 Å². The molecule has 8 heteroatoms. The maximum Gasteiger partial charge on any atom is 0.262 e. The molecule has 0 aliphatic heterocycles. The van der Waals surface area contributed by atoms with E-state index in [0.717, 1.165) is 10.8 Å². The molecule has 0 aliphatic carbocycles. The van der Waals surface area contributed by atoms with Crippen molar-refractivity contribution in [2.45, 2.75) is 0 Å². The molecule has 174 valence electrons. The largest absolute Gasteiger partial charge is 0.484 e. The highest BCUT2D eigenvalue weighted by atomic mass is 35.5. The molecule has 35 heavy (non-hydrogen) atoms. The standard InChI is InChI=1S/C27H17Cl2NO5/c28-18-10-19(29)12-20(11-18)30-26(31)15-33-21-7-8-23-24(13-21)34-14-25(27(23)32)35-22-6-5-16-3-1-2-4-17(16)9-22/h1-14H,15H2,(H,30,31). The molecule has 0 fully saturated rings. The van der Waals surface area contributed by atoms with Gasteiger partial charge in [0.2, 0.25) is 11.2 Å². The van der Waals surface area contributed by atoms with Gasteiger partial charge in [-0.3, -0.25) is 9.59 Å². The van der Waals surface area contributed by atoms with Crippen LogP contribution in [-0.4, -0.2) is 12.5 Å². The van der Waals surface area contributed by atoms with Crippen molar-refractivity contribution in [2.75, 3.05) is 11.9 Å². The van der Waals surface area contributed by atoms with Gasteiger partial charge in [-0.1, -0.05) is 53.5 Å². The molecule has 0 radical (unpaired) electrons. The first-order chi connectivity index (χ1) is 16.9. The molecule has 1 aromatic heterocycles. The Bertz CT molecular complexity index is 1610. The van der Waals surface area contributed by atoms with E-state index in [4.69, 9.17) is 37.1 Å². The van der Waals surface area contributed by atoms with Crippen LogP contribution in [0.3, 0.4) is 0 Å². The minimum absolute atomic E-state index is 0.0704. The summed E-state index contributed by atoms with van der Waals surface area (Å²) in [5.41, 5.74) is 0.446. The summed E-state index contributed by atoms with van der Waals surface area (Å²) < 4.78 is 17.0. The van der Waals surface area contributed by atoms with Crippen LogP contribution in [0.15, 0.2) is 94.3 Å². The molecule has 5 aromatic rings. The zero-order valence-corrected chi connectivity index (χ0v) is 19.6. The van der Waals surface area contributed by atoms with E-state index in [0.29, 0.717) is 38.2 Å². The number of ether oxygens (including phenoxy) is 2. The van der Waals surface area contributed by atoms with Gasteiger partial charge < -0.3 is 19.2 Å². The average Bonchev–Trinajstić information content (AvgIpc) is 2.84. The second-order valence-electron chi connectivity index (χ2n) is 7.69. The highest BCUT2D eigenvalue weighted by Gasteiger charge is 2.12. The Hall–Kier alpha value is -4.00. The highest BCUT2D eigenvalue weighted by Crippen LogP contribution is 2.27. The molecule has 6 nitrogen and oxygen atoms in total. The molecule has 4 aromatic carbocycles. The van der Waals surface area contributed by atoms with Crippen LogP contribution in [0.4, 0.5) is 5.69 Å². The van der Waals surface area contributed by atoms with Crippen LogP contribution in [0.5, 0.6) is 17.2 Å². The first-order valence-corrected chi connectivity index (χ1v) is 11.3. The summed E-state index contributed by atoms with van der Waals surface area (Å²) in [6.45, 7) is -0.261. The Morgan fingerprint density at radius 3 is 2.40 bits per heavy atom. The highest BCUT2D eigenvalue weighted by molar-refractivity contribution is 6.35. The molecule has 0 spiro atoms. The maximum absolute atomic E-state index is 12.9. The fourth-order valence-corrected chi connectivity index (χ4v) is 4.11. The van der Waals surface area contributed by atoms with Gasteiger partial charge in [0.05, 0.1) is 5.39 Å². The molecular weight excluding hydrogens is 489 g/mol. The topological polar surface area (TPSA) is 77.8 Å². The van der Waals surface area contributed by atoms with E-state index in [-0.39, 0.29) is 17.8 Å². The van der Waals surface area contributed by atoms with Gasteiger partial charge in [0, 0.05) is 21.8 Å². The Labute approximate surface area is 209 Å². The molecule has 0 unspecified atom stereocenters. The number of amides is 1. The van der Waals surface area contributed by atoms with Gasteiger partial charge in [0.25, 0.3) is 5.91 Å². The molecule has 0 saturated heterocycles. The van der Waals surface area contributed by atoms with Crippen LogP contribution >= 0.6 is 23.2 Å². The van der Waals surface area contributed by atoms with E-state index in [9.17, 15) is 9.59 Å². The molecule has 1 amide bonds. The Kier molecular flexibility index (Phi) is 6.31. The number of benzene rings is 4. The summed E-state index contributed by atoms with van der Waals surface area (Å²) in [4.78, 5) is 25.1. The van der Waals surface area contributed by atoms with Crippen molar-refractivity contribution >= 4 is 56.5 Å². The van der Waals surface area contributed by atoms with Crippen molar-refractivity contribution in [1.29, 1.82) is 0 Å². The summed E-state index contributed by atoms with van der Waals surface area (Å²) >= 11 is 11.9. The molecule has 5 rings (SSSR count). The van der Waals surface area contributed by atoms with Crippen molar-refractivity contribution < 1.29 is 18.7 Å². The van der Waals surface area contributed by atoms with Crippen LogP contribution in [0.1, 0.15) is 0 Å². The van der Waals surface area contributed by atoms with E-state index in [2.05, 4.69) is 5.32 Å². The molecule has 1 heterocycles. The maximum atomic E-state index is 12.9. The smallest absolute Gasteiger partial charge is 0.262 e. The van der Waals surface area contributed by atoms with Crippen molar-refractivity contribution in [1.82, 2.24) is 0 Å². The second kappa shape index (κ2) is 9.70. The van der Waals surface area contributed by atoms with Gasteiger partial charge in [-0.15, -0.1) is 0 Å². The minimum atomic E-state index is -0.399.